The van der Waals surface area contributed by atoms with Gasteiger partial charge in [-0.3, -0.25) is 14.6 Å². The molecule has 0 bridgehead atoms. The SMILES string of the molecule is CC(C)CC(C)(C(=O)OCCCCCCCCCCCn1ccc(=O)[nH]c1=O)C(C)C. The molecule has 1 rings (SSSR count). The van der Waals surface area contributed by atoms with Crippen molar-refractivity contribution in [3.05, 3.63) is 33.1 Å². The van der Waals surface area contributed by atoms with Gasteiger partial charge in [-0.1, -0.05) is 72.6 Å². The molecule has 0 aliphatic heterocycles. The predicted octanol–water partition coefficient (Wildman–Crippen LogP) is 5.30. The molecule has 31 heavy (non-hydrogen) atoms. The minimum Gasteiger partial charge on any atom is -0.465 e. The molecular weight excluding hydrogens is 392 g/mol. The van der Waals surface area contributed by atoms with Crippen molar-refractivity contribution in [1.29, 1.82) is 0 Å². The zero-order valence-electron chi connectivity index (χ0n) is 20.4. The summed E-state index contributed by atoms with van der Waals surface area (Å²) in [6.07, 6.45) is 12.5. The number of aromatic nitrogens is 2. The maximum absolute atomic E-state index is 12.6. The van der Waals surface area contributed by atoms with Crippen LogP contribution in [0.25, 0.3) is 0 Å². The summed E-state index contributed by atoms with van der Waals surface area (Å²) in [5, 5.41) is 0. The van der Waals surface area contributed by atoms with Gasteiger partial charge in [0.15, 0.2) is 0 Å². The van der Waals surface area contributed by atoms with E-state index < -0.39 is 0 Å². The highest BCUT2D eigenvalue weighted by atomic mass is 16.5. The van der Waals surface area contributed by atoms with Crippen LogP contribution in [0.15, 0.2) is 21.9 Å². The third-order valence-electron chi connectivity index (χ3n) is 6.25. The summed E-state index contributed by atoms with van der Waals surface area (Å²) in [4.78, 5) is 37.5. The number of rotatable bonds is 16. The Bertz CT molecular complexity index is 750. The molecule has 1 unspecified atom stereocenters. The number of carbonyl (C=O) groups excluding carboxylic acids is 1. The van der Waals surface area contributed by atoms with Gasteiger partial charge < -0.3 is 9.30 Å². The van der Waals surface area contributed by atoms with Crippen molar-refractivity contribution in [2.45, 2.75) is 105 Å². The van der Waals surface area contributed by atoms with Crippen molar-refractivity contribution >= 4 is 5.97 Å². The van der Waals surface area contributed by atoms with Crippen molar-refractivity contribution in [1.82, 2.24) is 9.55 Å². The number of ether oxygens (including phenoxy) is 1. The summed E-state index contributed by atoms with van der Waals surface area (Å²) in [7, 11) is 0. The van der Waals surface area contributed by atoms with Crippen LogP contribution < -0.4 is 11.2 Å². The summed E-state index contributed by atoms with van der Waals surface area (Å²) in [6, 6.07) is 1.39. The number of aromatic amines is 1. The minimum atomic E-state index is -0.389. The molecule has 1 N–H and O–H groups in total. The molecule has 6 heteroatoms. The molecule has 1 heterocycles. The van der Waals surface area contributed by atoms with Crippen LogP contribution in [0.5, 0.6) is 0 Å². The van der Waals surface area contributed by atoms with Crippen LogP contribution in [0, 0.1) is 17.3 Å². The average molecular weight is 437 g/mol. The first-order valence-electron chi connectivity index (χ1n) is 12.1. The Kier molecular flexibility index (Phi) is 12.5. The molecule has 0 spiro atoms. The second-order valence-electron chi connectivity index (χ2n) is 9.79. The van der Waals surface area contributed by atoms with E-state index in [1.165, 1.54) is 38.2 Å². The number of esters is 1. The summed E-state index contributed by atoms with van der Waals surface area (Å²) < 4.78 is 7.17. The smallest absolute Gasteiger partial charge is 0.328 e. The topological polar surface area (TPSA) is 81.2 Å². The van der Waals surface area contributed by atoms with Crippen LogP contribution in [-0.4, -0.2) is 22.1 Å². The zero-order chi connectivity index (χ0) is 23.3. The Labute approximate surface area is 187 Å². The predicted molar refractivity (Wildman–Crippen MR) is 126 cm³/mol. The minimum absolute atomic E-state index is 0.0414. The lowest BCUT2D eigenvalue weighted by molar-refractivity contribution is -0.159. The fourth-order valence-corrected chi connectivity index (χ4v) is 3.97. The Morgan fingerprint density at radius 3 is 2.03 bits per heavy atom. The second kappa shape index (κ2) is 14.3. The van der Waals surface area contributed by atoms with E-state index in [1.807, 2.05) is 6.92 Å². The van der Waals surface area contributed by atoms with Gasteiger partial charge in [0.25, 0.3) is 5.56 Å². The number of H-pyrrole nitrogens is 1. The zero-order valence-corrected chi connectivity index (χ0v) is 20.4. The highest BCUT2D eigenvalue weighted by molar-refractivity contribution is 5.76. The standard InChI is InChI=1S/C25H44N2O4/c1-20(2)19-25(5,21(3)4)23(29)31-18-14-12-10-8-6-7-9-11-13-16-27-17-15-22(28)26-24(27)30/h15,17,20-21H,6-14,16,18-19H2,1-5H3,(H,26,28,30). The lowest BCUT2D eigenvalue weighted by atomic mass is 9.73. The number of hydrogen-bond acceptors (Lipinski definition) is 4. The van der Waals surface area contributed by atoms with Crippen LogP contribution in [0.1, 0.15) is 98.8 Å². The van der Waals surface area contributed by atoms with E-state index in [0.29, 0.717) is 19.1 Å². The largest absolute Gasteiger partial charge is 0.465 e. The van der Waals surface area contributed by atoms with Gasteiger partial charge in [0.05, 0.1) is 12.0 Å². The molecule has 0 aromatic carbocycles. The maximum atomic E-state index is 12.6. The molecule has 178 valence electrons. The number of nitrogens with zero attached hydrogens (tertiary/aromatic N) is 1. The molecule has 0 saturated heterocycles. The first-order valence-corrected chi connectivity index (χ1v) is 12.1. The van der Waals surface area contributed by atoms with Crippen molar-refractivity contribution < 1.29 is 9.53 Å². The molecule has 1 aromatic heterocycles. The van der Waals surface area contributed by atoms with E-state index in [2.05, 4.69) is 32.7 Å². The number of nitrogens with one attached hydrogen (secondary N) is 1. The van der Waals surface area contributed by atoms with Gasteiger partial charge in [-0.25, -0.2) is 4.79 Å². The Hall–Kier alpha value is -1.85. The summed E-state index contributed by atoms with van der Waals surface area (Å²) in [5.41, 5.74) is -1.06. The van der Waals surface area contributed by atoms with E-state index in [0.717, 1.165) is 32.1 Å². The summed E-state index contributed by atoms with van der Waals surface area (Å²) in [5.74, 6) is 0.715. The molecule has 0 saturated carbocycles. The van der Waals surface area contributed by atoms with Crippen molar-refractivity contribution in [3.8, 4) is 0 Å². The third kappa shape index (κ3) is 10.3. The van der Waals surface area contributed by atoms with Gasteiger partial charge in [-0.2, -0.15) is 0 Å². The van der Waals surface area contributed by atoms with E-state index in [-0.39, 0.29) is 28.6 Å². The lowest BCUT2D eigenvalue weighted by Crippen LogP contribution is -2.36. The first kappa shape index (κ1) is 27.2. The molecule has 0 fully saturated rings. The lowest BCUT2D eigenvalue weighted by Gasteiger charge is -2.32. The van der Waals surface area contributed by atoms with Crippen LogP contribution in [0.2, 0.25) is 0 Å². The molecule has 1 atom stereocenters. The maximum Gasteiger partial charge on any atom is 0.328 e. The van der Waals surface area contributed by atoms with E-state index in [4.69, 9.17) is 4.74 Å². The quantitative estimate of drug-likeness (QED) is 0.282. The molecular formula is C25H44N2O4. The van der Waals surface area contributed by atoms with Gasteiger partial charge >= 0.3 is 11.7 Å². The Morgan fingerprint density at radius 2 is 1.52 bits per heavy atom. The van der Waals surface area contributed by atoms with Gasteiger partial charge in [0, 0.05) is 18.8 Å². The molecule has 0 radical (unpaired) electrons. The summed E-state index contributed by atoms with van der Waals surface area (Å²) >= 11 is 0. The Morgan fingerprint density at radius 1 is 0.968 bits per heavy atom. The third-order valence-corrected chi connectivity index (χ3v) is 6.25. The monoisotopic (exact) mass is 436 g/mol. The van der Waals surface area contributed by atoms with Crippen molar-refractivity contribution in [2.24, 2.45) is 17.3 Å². The first-order chi connectivity index (χ1) is 14.7. The molecule has 0 amide bonds. The highest BCUT2D eigenvalue weighted by Gasteiger charge is 2.38. The van der Waals surface area contributed by atoms with Gasteiger partial charge in [0.2, 0.25) is 0 Å². The number of aryl methyl sites for hydroxylation is 1. The van der Waals surface area contributed by atoms with E-state index in [9.17, 15) is 14.4 Å². The van der Waals surface area contributed by atoms with Gasteiger partial charge in [-0.15, -0.1) is 0 Å². The molecule has 0 aliphatic carbocycles. The molecule has 0 aliphatic rings. The van der Waals surface area contributed by atoms with Crippen LogP contribution in [0.4, 0.5) is 0 Å². The van der Waals surface area contributed by atoms with Gasteiger partial charge in [-0.05, 0) is 38.0 Å². The van der Waals surface area contributed by atoms with Crippen LogP contribution >= 0.6 is 0 Å². The van der Waals surface area contributed by atoms with Gasteiger partial charge in [0.1, 0.15) is 0 Å². The molecule has 1 aromatic rings. The fourth-order valence-electron chi connectivity index (χ4n) is 3.97. The van der Waals surface area contributed by atoms with Crippen LogP contribution in [-0.2, 0) is 16.1 Å². The van der Waals surface area contributed by atoms with Crippen molar-refractivity contribution in [2.75, 3.05) is 6.61 Å². The summed E-state index contributed by atoms with van der Waals surface area (Å²) in [6.45, 7) is 11.7. The van der Waals surface area contributed by atoms with Crippen LogP contribution in [0.3, 0.4) is 0 Å². The number of carbonyl (C=O) groups is 1. The second-order valence-corrected chi connectivity index (χ2v) is 9.79. The van der Waals surface area contributed by atoms with E-state index >= 15 is 0 Å². The molecule has 6 nitrogen and oxygen atoms in total. The number of unbranched alkanes of at least 4 members (excludes halogenated alkanes) is 8. The van der Waals surface area contributed by atoms with E-state index in [1.54, 1.807) is 10.8 Å². The normalized spacial score (nSPS) is 13.5. The Balaban J connectivity index is 2.03. The fraction of sp³-hybridized carbons (Fsp3) is 0.800. The number of hydrogen-bond donors (Lipinski definition) is 1. The highest BCUT2D eigenvalue weighted by Crippen LogP contribution is 2.35. The van der Waals surface area contributed by atoms with Crippen molar-refractivity contribution in [3.63, 3.8) is 0 Å². The average Bonchev–Trinajstić information content (AvgIpc) is 2.69.